The fourth-order valence-electron chi connectivity index (χ4n) is 2.94. The first-order valence-corrected chi connectivity index (χ1v) is 8.65. The minimum atomic E-state index is -0.214. The van der Waals surface area contributed by atoms with Crippen molar-refractivity contribution < 1.29 is 9.53 Å². The van der Waals surface area contributed by atoms with E-state index in [1.54, 1.807) is 21.5 Å². The number of amides is 1. The van der Waals surface area contributed by atoms with E-state index < -0.39 is 0 Å². The zero-order valence-electron chi connectivity index (χ0n) is 15.6. The lowest BCUT2D eigenvalue weighted by molar-refractivity contribution is 0.0951. The van der Waals surface area contributed by atoms with E-state index in [1.165, 1.54) is 13.2 Å². The summed E-state index contributed by atoms with van der Waals surface area (Å²) in [6.07, 6.45) is 1.56. The second-order valence-electron chi connectivity index (χ2n) is 6.17. The van der Waals surface area contributed by atoms with Crippen molar-refractivity contribution in [2.24, 2.45) is 0 Å². The minimum absolute atomic E-state index is 0.158. The van der Waals surface area contributed by atoms with E-state index in [2.05, 4.69) is 10.4 Å². The molecule has 1 N–H and O–H groups in total. The molecule has 2 aromatic heterocycles. The molecule has 0 radical (unpaired) electrons. The number of ether oxygens (including phenoxy) is 1. The number of para-hydroxylation sites is 1. The van der Waals surface area contributed by atoms with Gasteiger partial charge in [0.1, 0.15) is 5.75 Å². The quantitative estimate of drug-likeness (QED) is 0.725. The first kappa shape index (κ1) is 18.4. The summed E-state index contributed by atoms with van der Waals surface area (Å²) in [5.74, 6) is 0.315. The zero-order valence-corrected chi connectivity index (χ0v) is 15.6. The molecule has 0 atom stereocenters. The summed E-state index contributed by atoms with van der Waals surface area (Å²) < 4.78 is 8.42. The summed E-state index contributed by atoms with van der Waals surface area (Å²) in [4.78, 5) is 24.6. The number of pyridine rings is 1. The van der Waals surface area contributed by atoms with Crippen LogP contribution in [0.2, 0.25) is 0 Å². The maximum Gasteiger partial charge on any atom is 0.254 e. The van der Waals surface area contributed by atoms with Gasteiger partial charge in [-0.2, -0.15) is 5.10 Å². The molecule has 0 bridgehead atoms. The third-order valence-electron chi connectivity index (χ3n) is 4.42. The van der Waals surface area contributed by atoms with Crippen LogP contribution in [-0.4, -0.2) is 33.9 Å². The summed E-state index contributed by atoms with van der Waals surface area (Å²) in [6.45, 7) is 4.40. The van der Waals surface area contributed by atoms with Gasteiger partial charge in [0.15, 0.2) is 0 Å². The fourth-order valence-corrected chi connectivity index (χ4v) is 2.94. The number of aromatic nitrogens is 3. The number of rotatable bonds is 6. The van der Waals surface area contributed by atoms with Gasteiger partial charge in [0.25, 0.3) is 11.5 Å². The lowest BCUT2D eigenvalue weighted by Gasteiger charge is -2.12. The Kier molecular flexibility index (Phi) is 5.40. The Hall–Kier alpha value is -3.35. The van der Waals surface area contributed by atoms with Gasteiger partial charge in [-0.25, -0.2) is 4.68 Å². The molecule has 0 fully saturated rings. The smallest absolute Gasteiger partial charge is 0.254 e. The molecule has 3 rings (SSSR count). The molecule has 3 aromatic rings. The van der Waals surface area contributed by atoms with Gasteiger partial charge in [-0.05, 0) is 32.0 Å². The number of hydrogen-bond donors (Lipinski definition) is 1. The molecule has 0 saturated heterocycles. The highest BCUT2D eigenvalue weighted by Crippen LogP contribution is 2.14. The highest BCUT2D eigenvalue weighted by Gasteiger charge is 2.15. The van der Waals surface area contributed by atoms with Crippen molar-refractivity contribution in [3.8, 4) is 11.4 Å². The van der Waals surface area contributed by atoms with Gasteiger partial charge in [0.05, 0.1) is 30.3 Å². The lowest BCUT2D eigenvalue weighted by Crippen LogP contribution is -2.31. The Labute approximate surface area is 157 Å². The molecule has 0 saturated carbocycles. The van der Waals surface area contributed by atoms with Crippen molar-refractivity contribution in [1.82, 2.24) is 19.7 Å². The van der Waals surface area contributed by atoms with Crippen LogP contribution < -0.4 is 15.6 Å². The number of hydrogen-bond acceptors (Lipinski definition) is 4. The average molecular weight is 366 g/mol. The number of carbonyl (C=O) groups is 1. The van der Waals surface area contributed by atoms with E-state index in [-0.39, 0.29) is 11.5 Å². The summed E-state index contributed by atoms with van der Waals surface area (Å²) in [5, 5.41) is 7.16. The van der Waals surface area contributed by atoms with Crippen LogP contribution in [0.1, 0.15) is 21.7 Å². The van der Waals surface area contributed by atoms with E-state index in [0.29, 0.717) is 24.4 Å². The molecule has 0 aliphatic rings. The van der Waals surface area contributed by atoms with Crippen LogP contribution in [0.15, 0.2) is 53.5 Å². The lowest BCUT2D eigenvalue weighted by atomic mass is 10.2. The predicted octanol–water partition coefficient (Wildman–Crippen LogP) is 2.09. The molecular weight excluding hydrogens is 344 g/mol. The molecule has 140 valence electrons. The van der Waals surface area contributed by atoms with Crippen LogP contribution in [0.25, 0.3) is 5.69 Å². The Balaban J connectivity index is 1.67. The predicted molar refractivity (Wildman–Crippen MR) is 103 cm³/mol. The molecule has 0 aliphatic heterocycles. The van der Waals surface area contributed by atoms with Crippen LogP contribution >= 0.6 is 0 Å². The molecule has 0 unspecified atom stereocenters. The van der Waals surface area contributed by atoms with E-state index >= 15 is 0 Å². The maximum atomic E-state index is 12.5. The summed E-state index contributed by atoms with van der Waals surface area (Å²) in [5.41, 5.74) is 2.79. The van der Waals surface area contributed by atoms with E-state index in [0.717, 1.165) is 17.1 Å². The molecule has 7 nitrogen and oxygen atoms in total. The highest BCUT2D eigenvalue weighted by atomic mass is 16.5. The van der Waals surface area contributed by atoms with Crippen LogP contribution in [0.3, 0.4) is 0 Å². The number of nitrogens with zero attached hydrogens (tertiary/aromatic N) is 3. The molecule has 27 heavy (non-hydrogen) atoms. The van der Waals surface area contributed by atoms with Crippen molar-refractivity contribution in [2.45, 2.75) is 20.4 Å². The third-order valence-corrected chi connectivity index (χ3v) is 4.42. The maximum absolute atomic E-state index is 12.5. The summed E-state index contributed by atoms with van der Waals surface area (Å²) >= 11 is 0. The third kappa shape index (κ3) is 3.92. The molecule has 7 heteroatoms. The van der Waals surface area contributed by atoms with Crippen molar-refractivity contribution in [1.29, 1.82) is 0 Å². The van der Waals surface area contributed by atoms with E-state index in [1.807, 2.05) is 44.2 Å². The normalized spacial score (nSPS) is 10.6. The van der Waals surface area contributed by atoms with Crippen LogP contribution in [-0.2, 0) is 6.54 Å². The summed E-state index contributed by atoms with van der Waals surface area (Å²) in [7, 11) is 1.52. The first-order chi connectivity index (χ1) is 13.0. The first-order valence-electron chi connectivity index (χ1n) is 8.65. The van der Waals surface area contributed by atoms with Crippen LogP contribution in [0, 0.1) is 13.8 Å². The largest absolute Gasteiger partial charge is 0.496 e. The van der Waals surface area contributed by atoms with Gasteiger partial charge in [-0.1, -0.05) is 18.2 Å². The Morgan fingerprint density at radius 2 is 1.93 bits per heavy atom. The van der Waals surface area contributed by atoms with Crippen LogP contribution in [0.4, 0.5) is 0 Å². The molecule has 2 heterocycles. The molecule has 1 amide bonds. The van der Waals surface area contributed by atoms with Crippen LogP contribution in [0.5, 0.6) is 5.75 Å². The standard InChI is InChI=1S/C20H22N4O3/c1-14-11-17(27-3)12-19(25)23(14)10-9-21-20(26)18-13-22-24(15(18)2)16-7-5-4-6-8-16/h4-8,11-13H,9-10H2,1-3H3,(H,21,26). The minimum Gasteiger partial charge on any atom is -0.496 e. The number of nitrogens with one attached hydrogen (secondary N) is 1. The van der Waals surface area contributed by atoms with Crippen molar-refractivity contribution in [2.75, 3.05) is 13.7 Å². The highest BCUT2D eigenvalue weighted by molar-refractivity contribution is 5.95. The molecular formula is C20H22N4O3. The average Bonchev–Trinajstić information content (AvgIpc) is 3.05. The van der Waals surface area contributed by atoms with E-state index in [4.69, 9.17) is 4.74 Å². The van der Waals surface area contributed by atoms with Gasteiger partial charge >= 0.3 is 0 Å². The van der Waals surface area contributed by atoms with Crippen molar-refractivity contribution >= 4 is 5.91 Å². The van der Waals surface area contributed by atoms with Gasteiger partial charge in [0, 0.05) is 24.8 Å². The van der Waals surface area contributed by atoms with E-state index in [9.17, 15) is 9.59 Å². The molecule has 1 aromatic carbocycles. The SMILES string of the molecule is COc1cc(C)n(CCNC(=O)c2cnn(-c3ccccc3)c2C)c(=O)c1. The van der Waals surface area contributed by atoms with Gasteiger partial charge in [-0.15, -0.1) is 0 Å². The van der Waals surface area contributed by atoms with Gasteiger partial charge in [-0.3, -0.25) is 9.59 Å². The van der Waals surface area contributed by atoms with Gasteiger partial charge in [0.2, 0.25) is 0 Å². The Morgan fingerprint density at radius 1 is 1.19 bits per heavy atom. The second-order valence-corrected chi connectivity index (χ2v) is 6.17. The number of carbonyl (C=O) groups excluding carboxylic acids is 1. The monoisotopic (exact) mass is 366 g/mol. The van der Waals surface area contributed by atoms with Gasteiger partial charge < -0.3 is 14.6 Å². The number of benzene rings is 1. The Morgan fingerprint density at radius 3 is 2.59 bits per heavy atom. The van der Waals surface area contributed by atoms with Crippen molar-refractivity contribution in [3.63, 3.8) is 0 Å². The summed E-state index contributed by atoms with van der Waals surface area (Å²) in [6, 6.07) is 12.9. The Bertz CT molecular complexity index is 1010. The fraction of sp³-hybridized carbons (Fsp3) is 0.250. The molecule has 0 spiro atoms. The number of methoxy groups -OCH3 is 1. The molecule has 0 aliphatic carbocycles. The second kappa shape index (κ2) is 7.90. The van der Waals surface area contributed by atoms with Crippen molar-refractivity contribution in [3.05, 3.63) is 76.0 Å². The topological polar surface area (TPSA) is 78.2 Å². The zero-order chi connectivity index (χ0) is 19.4. The number of aryl methyl sites for hydroxylation is 1.